The number of hydrogen-bond acceptors (Lipinski definition) is 5. The van der Waals surface area contributed by atoms with Crippen LogP contribution in [-0.4, -0.2) is 65.3 Å². The topological polar surface area (TPSA) is 48.8 Å². The van der Waals surface area contributed by atoms with Gasteiger partial charge in [0, 0.05) is 43.9 Å². The second-order valence-corrected chi connectivity index (χ2v) is 8.63. The number of rotatable bonds is 9. The molecule has 0 spiro atoms. The van der Waals surface area contributed by atoms with Crippen LogP contribution >= 0.6 is 11.6 Å². The Morgan fingerprint density at radius 3 is 2.12 bits per heavy atom. The van der Waals surface area contributed by atoms with Crippen molar-refractivity contribution in [1.82, 2.24) is 14.8 Å². The molecule has 1 saturated heterocycles. The van der Waals surface area contributed by atoms with Crippen molar-refractivity contribution < 1.29 is 9.84 Å². The molecule has 3 aromatic rings. The molecule has 0 bridgehead atoms. The number of pyridine rings is 1. The van der Waals surface area contributed by atoms with E-state index in [2.05, 4.69) is 75.4 Å². The zero-order valence-electron chi connectivity index (χ0n) is 18.2. The molecule has 0 aliphatic carbocycles. The molecule has 1 aliphatic heterocycles. The van der Waals surface area contributed by atoms with Gasteiger partial charge in [0.05, 0.1) is 31.1 Å². The summed E-state index contributed by atoms with van der Waals surface area (Å²) in [5.41, 5.74) is 3.40. The highest BCUT2D eigenvalue weighted by Gasteiger charge is 2.27. The van der Waals surface area contributed by atoms with Gasteiger partial charge in [-0.15, -0.1) is 0 Å². The predicted molar refractivity (Wildman–Crippen MR) is 128 cm³/mol. The monoisotopic (exact) mass is 451 g/mol. The summed E-state index contributed by atoms with van der Waals surface area (Å²) >= 11 is 5.97. The normalized spacial score (nSPS) is 16.3. The maximum absolute atomic E-state index is 10.4. The van der Waals surface area contributed by atoms with Gasteiger partial charge in [-0.2, -0.15) is 0 Å². The number of β-amino-alcohol motifs (C(OH)–C–C–N with tert-alkyl or cyclic N) is 1. The molecule has 2 aromatic carbocycles. The van der Waals surface area contributed by atoms with Gasteiger partial charge in [0.1, 0.15) is 0 Å². The molecule has 1 aromatic heterocycles. The molecule has 1 N–H and O–H groups in total. The third kappa shape index (κ3) is 6.37. The number of piperazine rings is 1. The van der Waals surface area contributed by atoms with Crippen molar-refractivity contribution in [2.45, 2.75) is 18.8 Å². The summed E-state index contributed by atoms with van der Waals surface area (Å²) < 4.78 is 5.64. The lowest BCUT2D eigenvalue weighted by Gasteiger charge is -2.40. The Labute approximate surface area is 195 Å². The van der Waals surface area contributed by atoms with Crippen molar-refractivity contribution in [3.63, 3.8) is 0 Å². The first-order chi connectivity index (χ1) is 15.7. The summed E-state index contributed by atoms with van der Waals surface area (Å²) in [6, 6.07) is 25.2. The van der Waals surface area contributed by atoms with Gasteiger partial charge in [0.15, 0.2) is 0 Å². The van der Waals surface area contributed by atoms with Crippen LogP contribution in [0.1, 0.15) is 22.9 Å². The molecule has 1 fully saturated rings. The average molecular weight is 452 g/mol. The van der Waals surface area contributed by atoms with Crippen LogP contribution in [0.5, 0.6) is 0 Å². The van der Waals surface area contributed by atoms with Crippen molar-refractivity contribution in [2.75, 3.05) is 39.3 Å². The van der Waals surface area contributed by atoms with E-state index in [-0.39, 0.29) is 12.6 Å². The first-order valence-electron chi connectivity index (χ1n) is 11.1. The number of benzene rings is 2. The van der Waals surface area contributed by atoms with E-state index < -0.39 is 6.10 Å². The summed E-state index contributed by atoms with van der Waals surface area (Å²) in [6.45, 7) is 4.99. The molecule has 2 heterocycles. The molecule has 4 rings (SSSR count). The zero-order valence-corrected chi connectivity index (χ0v) is 18.9. The standard InChI is InChI=1S/C26H30ClN3O2/c27-23-11-12-28-24(17-23)19-32-20-25(31)18-29-13-15-30(16-14-29)26(21-7-3-1-4-8-21)22-9-5-2-6-10-22/h1-12,17,25-26,31H,13-16,18-20H2. The highest BCUT2D eigenvalue weighted by molar-refractivity contribution is 6.30. The Morgan fingerprint density at radius 1 is 0.906 bits per heavy atom. The van der Waals surface area contributed by atoms with E-state index in [9.17, 15) is 5.11 Å². The number of hydrogen-bond donors (Lipinski definition) is 1. The van der Waals surface area contributed by atoms with E-state index >= 15 is 0 Å². The lowest BCUT2D eigenvalue weighted by atomic mass is 9.96. The Balaban J connectivity index is 1.28. The maximum atomic E-state index is 10.4. The van der Waals surface area contributed by atoms with Crippen LogP contribution in [-0.2, 0) is 11.3 Å². The first kappa shape index (κ1) is 22.9. The number of ether oxygens (including phenoxy) is 1. The maximum Gasteiger partial charge on any atom is 0.0900 e. The third-order valence-electron chi connectivity index (χ3n) is 5.81. The Bertz CT molecular complexity index is 910. The molecule has 1 aliphatic rings. The average Bonchev–Trinajstić information content (AvgIpc) is 2.82. The third-order valence-corrected chi connectivity index (χ3v) is 6.05. The van der Waals surface area contributed by atoms with Gasteiger partial charge >= 0.3 is 0 Å². The smallest absolute Gasteiger partial charge is 0.0900 e. The second-order valence-electron chi connectivity index (χ2n) is 8.19. The van der Waals surface area contributed by atoms with Crippen LogP contribution in [0.25, 0.3) is 0 Å². The number of aliphatic hydroxyl groups is 1. The van der Waals surface area contributed by atoms with E-state index in [0.29, 0.717) is 18.2 Å². The summed E-state index contributed by atoms with van der Waals surface area (Å²) in [5, 5.41) is 11.1. The Hall–Kier alpha value is -2.28. The van der Waals surface area contributed by atoms with Crippen molar-refractivity contribution in [3.8, 4) is 0 Å². The van der Waals surface area contributed by atoms with Gasteiger partial charge in [0.25, 0.3) is 0 Å². The number of halogens is 1. The van der Waals surface area contributed by atoms with Gasteiger partial charge in [-0.25, -0.2) is 0 Å². The minimum absolute atomic E-state index is 0.248. The van der Waals surface area contributed by atoms with Crippen LogP contribution < -0.4 is 0 Å². The Kier molecular flexibility index (Phi) is 8.26. The highest BCUT2D eigenvalue weighted by atomic mass is 35.5. The van der Waals surface area contributed by atoms with Crippen molar-refractivity contribution in [1.29, 1.82) is 0 Å². The van der Waals surface area contributed by atoms with Gasteiger partial charge in [-0.3, -0.25) is 14.8 Å². The predicted octanol–water partition coefficient (Wildman–Crippen LogP) is 4.02. The van der Waals surface area contributed by atoms with Crippen LogP contribution in [0.2, 0.25) is 5.02 Å². The van der Waals surface area contributed by atoms with Crippen molar-refractivity contribution in [2.24, 2.45) is 0 Å². The molecule has 0 radical (unpaired) electrons. The second kappa shape index (κ2) is 11.5. The molecule has 5 nitrogen and oxygen atoms in total. The van der Waals surface area contributed by atoms with Gasteiger partial charge in [-0.1, -0.05) is 72.3 Å². The molecule has 6 heteroatoms. The molecular formula is C26H30ClN3O2. The van der Waals surface area contributed by atoms with E-state index in [1.807, 2.05) is 0 Å². The molecule has 0 amide bonds. The summed E-state index contributed by atoms with van der Waals surface area (Å²) in [6.07, 6.45) is 1.13. The van der Waals surface area contributed by atoms with Crippen LogP contribution in [0.15, 0.2) is 79.0 Å². The molecule has 168 valence electrons. The summed E-state index contributed by atoms with van der Waals surface area (Å²) in [4.78, 5) is 9.07. The fourth-order valence-corrected chi connectivity index (χ4v) is 4.45. The van der Waals surface area contributed by atoms with Crippen LogP contribution in [0.4, 0.5) is 0 Å². The van der Waals surface area contributed by atoms with Crippen molar-refractivity contribution >= 4 is 11.6 Å². The number of aliphatic hydroxyl groups excluding tert-OH is 1. The lowest BCUT2D eigenvalue weighted by molar-refractivity contribution is -0.00144. The van der Waals surface area contributed by atoms with Crippen molar-refractivity contribution in [3.05, 3.63) is 101 Å². The first-order valence-corrected chi connectivity index (χ1v) is 11.5. The SMILES string of the molecule is OC(COCc1cc(Cl)ccn1)CN1CCN(C(c2ccccc2)c2ccccc2)CC1. The minimum atomic E-state index is -0.528. The fourth-order valence-electron chi connectivity index (χ4n) is 4.27. The summed E-state index contributed by atoms with van der Waals surface area (Å²) in [5.74, 6) is 0. The largest absolute Gasteiger partial charge is 0.389 e. The number of aromatic nitrogens is 1. The molecule has 1 unspecified atom stereocenters. The van der Waals surface area contributed by atoms with E-state index in [1.165, 1.54) is 11.1 Å². The van der Waals surface area contributed by atoms with Gasteiger partial charge in [0.2, 0.25) is 0 Å². The molecule has 1 atom stereocenters. The minimum Gasteiger partial charge on any atom is -0.389 e. The van der Waals surface area contributed by atoms with Crippen LogP contribution in [0.3, 0.4) is 0 Å². The quantitative estimate of drug-likeness (QED) is 0.532. The lowest BCUT2D eigenvalue weighted by Crippen LogP contribution is -2.50. The fraction of sp³-hybridized carbons (Fsp3) is 0.346. The molecule has 32 heavy (non-hydrogen) atoms. The van der Waals surface area contributed by atoms with E-state index in [1.54, 1.807) is 18.3 Å². The van der Waals surface area contributed by atoms with Crippen LogP contribution in [0, 0.1) is 0 Å². The molecule has 0 saturated carbocycles. The van der Waals surface area contributed by atoms with E-state index in [0.717, 1.165) is 31.9 Å². The number of nitrogens with zero attached hydrogens (tertiary/aromatic N) is 3. The van der Waals surface area contributed by atoms with Gasteiger partial charge < -0.3 is 9.84 Å². The van der Waals surface area contributed by atoms with Gasteiger partial charge in [-0.05, 0) is 23.3 Å². The zero-order chi connectivity index (χ0) is 22.2. The highest BCUT2D eigenvalue weighted by Crippen LogP contribution is 2.29. The molecular weight excluding hydrogens is 422 g/mol. The Morgan fingerprint density at radius 2 is 1.53 bits per heavy atom. The van der Waals surface area contributed by atoms with E-state index in [4.69, 9.17) is 16.3 Å². The summed E-state index contributed by atoms with van der Waals surface area (Å²) in [7, 11) is 0.